The second-order valence-electron chi connectivity index (χ2n) is 5.13. The summed E-state index contributed by atoms with van der Waals surface area (Å²) < 4.78 is 0. The average molecular weight is 253 g/mol. The molecule has 1 saturated heterocycles. The minimum Gasteiger partial charge on any atom is -0.333 e. The highest BCUT2D eigenvalue weighted by atomic mass is 16.2. The lowest BCUT2D eigenvalue weighted by atomic mass is 10.3. The highest BCUT2D eigenvalue weighted by Crippen LogP contribution is 2.27. The number of nitrogens with zero attached hydrogens (tertiary/aromatic N) is 2. The first-order valence-electron chi connectivity index (χ1n) is 7.04. The molecule has 2 aliphatic rings. The van der Waals surface area contributed by atoms with Gasteiger partial charge in [0.15, 0.2) is 0 Å². The second-order valence-corrected chi connectivity index (χ2v) is 5.13. The summed E-state index contributed by atoms with van der Waals surface area (Å²) in [5.41, 5.74) is 0. The summed E-state index contributed by atoms with van der Waals surface area (Å²) in [7, 11) is 0. The summed E-state index contributed by atoms with van der Waals surface area (Å²) in [6.45, 7) is 5.82. The van der Waals surface area contributed by atoms with Gasteiger partial charge in [-0.1, -0.05) is 6.92 Å². The van der Waals surface area contributed by atoms with Crippen molar-refractivity contribution in [2.75, 3.05) is 32.7 Å². The number of hydrogen-bond acceptors (Lipinski definition) is 3. The molecule has 0 aromatic carbocycles. The first-order valence-corrected chi connectivity index (χ1v) is 7.04. The van der Waals surface area contributed by atoms with Gasteiger partial charge in [0, 0.05) is 32.2 Å². The molecule has 0 atom stereocenters. The van der Waals surface area contributed by atoms with E-state index in [1.54, 1.807) is 9.80 Å². The molecule has 0 bridgehead atoms. The van der Waals surface area contributed by atoms with Crippen molar-refractivity contribution >= 4 is 11.8 Å². The van der Waals surface area contributed by atoms with Crippen LogP contribution in [0.1, 0.15) is 32.6 Å². The van der Waals surface area contributed by atoms with Gasteiger partial charge in [0.2, 0.25) is 0 Å². The van der Waals surface area contributed by atoms with Crippen molar-refractivity contribution in [3.63, 3.8) is 0 Å². The molecule has 18 heavy (non-hydrogen) atoms. The van der Waals surface area contributed by atoms with Gasteiger partial charge in [0.1, 0.15) is 0 Å². The van der Waals surface area contributed by atoms with E-state index < -0.39 is 0 Å². The fraction of sp³-hybridized carbons (Fsp3) is 0.846. The lowest BCUT2D eigenvalue weighted by Gasteiger charge is -2.25. The zero-order valence-corrected chi connectivity index (χ0v) is 11.2. The molecular weight excluding hydrogens is 230 g/mol. The van der Waals surface area contributed by atoms with Crippen molar-refractivity contribution in [2.24, 2.45) is 0 Å². The molecule has 5 nitrogen and oxygen atoms in total. The summed E-state index contributed by atoms with van der Waals surface area (Å²) in [6, 6.07) is 0.325. The first-order chi connectivity index (χ1) is 8.74. The number of amides is 2. The average Bonchev–Trinajstić information content (AvgIpc) is 3.19. The molecule has 5 heteroatoms. The van der Waals surface area contributed by atoms with E-state index in [0.717, 1.165) is 38.8 Å². The van der Waals surface area contributed by atoms with Crippen molar-refractivity contribution in [3.05, 3.63) is 0 Å². The fourth-order valence-electron chi connectivity index (χ4n) is 2.38. The van der Waals surface area contributed by atoms with Crippen LogP contribution in [0.25, 0.3) is 0 Å². The molecule has 0 spiro atoms. The third-order valence-electron chi connectivity index (χ3n) is 3.52. The Balaban J connectivity index is 1.94. The van der Waals surface area contributed by atoms with Crippen LogP contribution in [0.3, 0.4) is 0 Å². The van der Waals surface area contributed by atoms with Crippen molar-refractivity contribution < 1.29 is 9.59 Å². The molecule has 0 unspecified atom stereocenters. The van der Waals surface area contributed by atoms with Crippen molar-refractivity contribution in [3.8, 4) is 0 Å². The van der Waals surface area contributed by atoms with Crippen LogP contribution < -0.4 is 5.32 Å². The van der Waals surface area contributed by atoms with Gasteiger partial charge >= 0.3 is 11.8 Å². The number of carbonyl (C=O) groups is 2. The Bertz CT molecular complexity index is 307. The third kappa shape index (κ3) is 3.22. The predicted molar refractivity (Wildman–Crippen MR) is 69.1 cm³/mol. The van der Waals surface area contributed by atoms with E-state index in [2.05, 4.69) is 5.32 Å². The molecule has 1 aliphatic carbocycles. The Labute approximate surface area is 108 Å². The number of hydrogen-bond donors (Lipinski definition) is 1. The van der Waals surface area contributed by atoms with Crippen LogP contribution in [0.4, 0.5) is 0 Å². The molecule has 1 heterocycles. The summed E-state index contributed by atoms with van der Waals surface area (Å²) in [6.07, 6.45) is 3.95. The molecule has 1 aliphatic heterocycles. The van der Waals surface area contributed by atoms with E-state index >= 15 is 0 Å². The number of rotatable bonds is 3. The highest BCUT2D eigenvalue weighted by molar-refractivity contribution is 6.35. The molecule has 1 N–H and O–H groups in total. The smallest absolute Gasteiger partial charge is 0.312 e. The largest absolute Gasteiger partial charge is 0.333 e. The van der Waals surface area contributed by atoms with Crippen LogP contribution in [-0.4, -0.2) is 60.4 Å². The highest BCUT2D eigenvalue weighted by Gasteiger charge is 2.36. The summed E-state index contributed by atoms with van der Waals surface area (Å²) >= 11 is 0. The van der Waals surface area contributed by atoms with Gasteiger partial charge in [0.25, 0.3) is 0 Å². The quantitative estimate of drug-likeness (QED) is 0.732. The van der Waals surface area contributed by atoms with Gasteiger partial charge in [0.05, 0.1) is 0 Å². The molecule has 0 aromatic rings. The van der Waals surface area contributed by atoms with Crippen molar-refractivity contribution in [2.45, 2.75) is 38.6 Å². The van der Waals surface area contributed by atoms with E-state index in [1.807, 2.05) is 6.92 Å². The minimum absolute atomic E-state index is 0.291. The van der Waals surface area contributed by atoms with Crippen LogP contribution in [0.15, 0.2) is 0 Å². The van der Waals surface area contributed by atoms with Crippen molar-refractivity contribution in [1.82, 2.24) is 15.1 Å². The van der Waals surface area contributed by atoms with Gasteiger partial charge in [-0.3, -0.25) is 9.59 Å². The Kier molecular flexibility index (Phi) is 4.58. The standard InChI is InChI=1S/C13H23N3O2/c1-2-8-16(11-4-5-11)13(18)12(17)15-9-3-6-14-7-10-15/h11,14H,2-10H2,1H3. The van der Waals surface area contributed by atoms with E-state index in [4.69, 9.17) is 0 Å². The van der Waals surface area contributed by atoms with Gasteiger partial charge in [-0.15, -0.1) is 0 Å². The van der Waals surface area contributed by atoms with Gasteiger partial charge in [-0.2, -0.15) is 0 Å². The zero-order chi connectivity index (χ0) is 13.0. The molecule has 0 aromatic heterocycles. The van der Waals surface area contributed by atoms with Crippen molar-refractivity contribution in [1.29, 1.82) is 0 Å². The summed E-state index contributed by atoms with van der Waals surface area (Å²) in [4.78, 5) is 27.9. The lowest BCUT2D eigenvalue weighted by molar-refractivity contribution is -0.152. The topological polar surface area (TPSA) is 52.7 Å². The van der Waals surface area contributed by atoms with Gasteiger partial charge in [-0.05, 0) is 32.2 Å². The van der Waals surface area contributed by atoms with Crippen LogP contribution in [-0.2, 0) is 9.59 Å². The Morgan fingerprint density at radius 1 is 1.28 bits per heavy atom. The summed E-state index contributed by atoms with van der Waals surface area (Å²) in [5, 5.41) is 3.24. The van der Waals surface area contributed by atoms with Crippen LogP contribution >= 0.6 is 0 Å². The summed E-state index contributed by atoms with van der Waals surface area (Å²) in [5.74, 6) is -0.597. The number of carbonyl (C=O) groups excluding carboxylic acids is 2. The van der Waals surface area contributed by atoms with Gasteiger partial charge < -0.3 is 15.1 Å². The lowest BCUT2D eigenvalue weighted by Crippen LogP contribution is -2.47. The molecule has 2 fully saturated rings. The van der Waals surface area contributed by atoms with Crippen LogP contribution in [0.5, 0.6) is 0 Å². The third-order valence-corrected chi connectivity index (χ3v) is 3.52. The maximum Gasteiger partial charge on any atom is 0.312 e. The van der Waals surface area contributed by atoms with E-state index in [9.17, 15) is 9.59 Å². The molecule has 102 valence electrons. The minimum atomic E-state index is -0.306. The SMILES string of the molecule is CCCN(C(=O)C(=O)N1CCCNCC1)C1CC1. The monoisotopic (exact) mass is 253 g/mol. The van der Waals surface area contributed by atoms with E-state index in [-0.39, 0.29) is 11.8 Å². The molecule has 1 saturated carbocycles. The zero-order valence-electron chi connectivity index (χ0n) is 11.2. The Hall–Kier alpha value is -1.10. The molecule has 0 radical (unpaired) electrons. The molecule has 2 rings (SSSR count). The second kappa shape index (κ2) is 6.18. The number of nitrogens with one attached hydrogen (secondary N) is 1. The Morgan fingerprint density at radius 3 is 2.72 bits per heavy atom. The fourth-order valence-corrected chi connectivity index (χ4v) is 2.38. The van der Waals surface area contributed by atoms with Gasteiger partial charge in [-0.25, -0.2) is 0 Å². The van der Waals surface area contributed by atoms with E-state index in [1.165, 1.54) is 0 Å². The predicted octanol–water partition coefficient (Wildman–Crippen LogP) is 0.209. The maximum absolute atomic E-state index is 12.2. The normalized spacial score (nSPS) is 20.4. The first kappa shape index (κ1) is 13.3. The molecule has 2 amide bonds. The van der Waals surface area contributed by atoms with E-state index in [0.29, 0.717) is 25.7 Å². The maximum atomic E-state index is 12.2. The molecular formula is C13H23N3O2. The van der Waals surface area contributed by atoms with Crippen LogP contribution in [0.2, 0.25) is 0 Å². The Morgan fingerprint density at radius 2 is 2.06 bits per heavy atom. The van der Waals surface area contributed by atoms with Crippen LogP contribution in [0, 0.1) is 0 Å².